The minimum Gasteiger partial charge on any atom is -0.508 e. The second kappa shape index (κ2) is 3.81. The normalized spacial score (nSPS) is 11.3. The standard InChI is InChI=1S/C11H14O4/c1-11(2,10(14)15)6-7-5-8(12)3-4-9(7)13/h3-5,12-13H,6H2,1-2H3,(H,14,15). The monoisotopic (exact) mass is 210 g/mol. The van der Waals surface area contributed by atoms with Crippen molar-refractivity contribution >= 4 is 5.97 Å². The van der Waals surface area contributed by atoms with Crippen LogP contribution < -0.4 is 0 Å². The number of benzene rings is 1. The van der Waals surface area contributed by atoms with E-state index < -0.39 is 11.4 Å². The van der Waals surface area contributed by atoms with Crippen molar-refractivity contribution in [3.05, 3.63) is 23.8 Å². The number of aromatic hydroxyl groups is 2. The summed E-state index contributed by atoms with van der Waals surface area (Å²) in [6.45, 7) is 3.14. The number of carboxylic acid groups (broad SMARTS) is 1. The summed E-state index contributed by atoms with van der Waals surface area (Å²) in [7, 11) is 0. The molecule has 0 unspecified atom stereocenters. The highest BCUT2D eigenvalue weighted by molar-refractivity contribution is 5.74. The van der Waals surface area contributed by atoms with Gasteiger partial charge < -0.3 is 15.3 Å². The zero-order valence-electron chi connectivity index (χ0n) is 8.69. The molecule has 82 valence electrons. The SMILES string of the molecule is CC(C)(Cc1cc(O)ccc1O)C(=O)O. The first kappa shape index (κ1) is 11.4. The van der Waals surface area contributed by atoms with Gasteiger partial charge in [-0.3, -0.25) is 4.79 Å². The van der Waals surface area contributed by atoms with E-state index >= 15 is 0 Å². The van der Waals surface area contributed by atoms with E-state index in [4.69, 9.17) is 5.11 Å². The first-order chi connectivity index (χ1) is 6.83. The Morgan fingerprint density at radius 3 is 2.47 bits per heavy atom. The van der Waals surface area contributed by atoms with Gasteiger partial charge in [0.25, 0.3) is 0 Å². The third-order valence-electron chi connectivity index (χ3n) is 2.27. The molecule has 15 heavy (non-hydrogen) atoms. The molecule has 0 aliphatic carbocycles. The van der Waals surface area contributed by atoms with Gasteiger partial charge >= 0.3 is 5.97 Å². The quantitative estimate of drug-likeness (QED) is 0.664. The maximum absolute atomic E-state index is 10.9. The van der Waals surface area contributed by atoms with Crippen molar-refractivity contribution in [3.8, 4) is 11.5 Å². The largest absolute Gasteiger partial charge is 0.508 e. The summed E-state index contributed by atoms with van der Waals surface area (Å²) >= 11 is 0. The van der Waals surface area contributed by atoms with Gasteiger partial charge in [0.05, 0.1) is 5.41 Å². The van der Waals surface area contributed by atoms with Crippen LogP contribution in [-0.4, -0.2) is 21.3 Å². The van der Waals surface area contributed by atoms with Crippen LogP contribution in [0.4, 0.5) is 0 Å². The van der Waals surface area contributed by atoms with Crippen LogP contribution in [0.25, 0.3) is 0 Å². The van der Waals surface area contributed by atoms with E-state index in [0.717, 1.165) is 0 Å². The molecular weight excluding hydrogens is 196 g/mol. The first-order valence-electron chi connectivity index (χ1n) is 4.57. The lowest BCUT2D eigenvalue weighted by molar-refractivity contribution is -0.146. The Balaban J connectivity index is 2.99. The van der Waals surface area contributed by atoms with E-state index in [1.807, 2.05) is 0 Å². The third-order valence-corrected chi connectivity index (χ3v) is 2.27. The molecule has 0 aromatic heterocycles. The van der Waals surface area contributed by atoms with Gasteiger partial charge in [0.1, 0.15) is 11.5 Å². The lowest BCUT2D eigenvalue weighted by Gasteiger charge is -2.19. The highest BCUT2D eigenvalue weighted by Crippen LogP contribution is 2.29. The van der Waals surface area contributed by atoms with Gasteiger partial charge in [-0.15, -0.1) is 0 Å². The number of hydrogen-bond donors (Lipinski definition) is 3. The second-order valence-corrected chi connectivity index (χ2v) is 4.18. The smallest absolute Gasteiger partial charge is 0.309 e. The second-order valence-electron chi connectivity index (χ2n) is 4.18. The summed E-state index contributed by atoms with van der Waals surface area (Å²) in [5.74, 6) is -0.920. The zero-order valence-corrected chi connectivity index (χ0v) is 8.69. The first-order valence-corrected chi connectivity index (χ1v) is 4.57. The molecular formula is C11H14O4. The molecule has 3 N–H and O–H groups in total. The predicted molar refractivity (Wildman–Crippen MR) is 54.9 cm³/mol. The minimum absolute atomic E-state index is 0.00197. The molecule has 0 bridgehead atoms. The summed E-state index contributed by atoms with van der Waals surface area (Å²) in [4.78, 5) is 10.9. The van der Waals surface area contributed by atoms with E-state index in [1.165, 1.54) is 18.2 Å². The van der Waals surface area contributed by atoms with Gasteiger partial charge in [-0.05, 0) is 44.0 Å². The highest BCUT2D eigenvalue weighted by atomic mass is 16.4. The molecule has 0 saturated carbocycles. The van der Waals surface area contributed by atoms with Crippen molar-refractivity contribution in [2.75, 3.05) is 0 Å². The summed E-state index contributed by atoms with van der Waals surface area (Å²) < 4.78 is 0. The Morgan fingerprint density at radius 2 is 1.93 bits per heavy atom. The fourth-order valence-corrected chi connectivity index (χ4v) is 1.27. The van der Waals surface area contributed by atoms with Gasteiger partial charge in [0.15, 0.2) is 0 Å². The van der Waals surface area contributed by atoms with E-state index in [9.17, 15) is 15.0 Å². The van der Waals surface area contributed by atoms with Crippen LogP contribution in [0.1, 0.15) is 19.4 Å². The molecule has 1 aromatic carbocycles. The fraction of sp³-hybridized carbons (Fsp3) is 0.364. The van der Waals surface area contributed by atoms with Crippen LogP contribution in [0.5, 0.6) is 11.5 Å². The van der Waals surface area contributed by atoms with Crippen molar-refractivity contribution < 1.29 is 20.1 Å². The lowest BCUT2D eigenvalue weighted by atomic mass is 9.85. The molecule has 0 atom stereocenters. The van der Waals surface area contributed by atoms with Crippen molar-refractivity contribution in [3.63, 3.8) is 0 Å². The third kappa shape index (κ3) is 2.62. The predicted octanol–water partition coefficient (Wildman–Crippen LogP) is 1.75. The lowest BCUT2D eigenvalue weighted by Crippen LogP contribution is -2.26. The molecule has 4 heteroatoms. The fourth-order valence-electron chi connectivity index (χ4n) is 1.27. The molecule has 0 aliphatic heterocycles. The van der Waals surface area contributed by atoms with Crippen LogP contribution in [0, 0.1) is 5.41 Å². The van der Waals surface area contributed by atoms with Gasteiger partial charge in [-0.25, -0.2) is 0 Å². The van der Waals surface area contributed by atoms with Crippen LogP contribution in [0.15, 0.2) is 18.2 Å². The van der Waals surface area contributed by atoms with Crippen LogP contribution in [0.2, 0.25) is 0 Å². The van der Waals surface area contributed by atoms with Crippen LogP contribution in [0.3, 0.4) is 0 Å². The van der Waals surface area contributed by atoms with Crippen molar-refractivity contribution in [1.82, 2.24) is 0 Å². The molecule has 0 heterocycles. The average Bonchev–Trinajstić information content (AvgIpc) is 2.10. The Bertz CT molecular complexity index is 382. The minimum atomic E-state index is -0.967. The maximum atomic E-state index is 10.9. The number of carboxylic acids is 1. The van der Waals surface area contributed by atoms with Crippen molar-refractivity contribution in [1.29, 1.82) is 0 Å². The van der Waals surface area contributed by atoms with Gasteiger partial charge in [-0.1, -0.05) is 0 Å². The maximum Gasteiger partial charge on any atom is 0.309 e. The van der Waals surface area contributed by atoms with E-state index in [2.05, 4.69) is 0 Å². The summed E-state index contributed by atoms with van der Waals surface area (Å²) in [6.07, 6.45) is 0.169. The van der Waals surface area contributed by atoms with Crippen LogP contribution in [-0.2, 0) is 11.2 Å². The molecule has 1 aromatic rings. The number of rotatable bonds is 3. The summed E-state index contributed by atoms with van der Waals surface area (Å²) in [5.41, 5.74) is -0.534. The number of carbonyl (C=O) groups is 1. The molecule has 0 saturated heterocycles. The van der Waals surface area contributed by atoms with E-state index in [-0.39, 0.29) is 17.9 Å². The molecule has 1 rings (SSSR count). The van der Waals surface area contributed by atoms with Crippen molar-refractivity contribution in [2.24, 2.45) is 5.41 Å². The summed E-state index contributed by atoms with van der Waals surface area (Å²) in [5, 5.41) is 27.6. The summed E-state index contributed by atoms with van der Waals surface area (Å²) in [6, 6.07) is 4.08. The molecule has 0 radical (unpaired) electrons. The number of hydrogen-bond acceptors (Lipinski definition) is 3. The number of phenolic OH excluding ortho intramolecular Hbond substituents is 2. The Morgan fingerprint density at radius 1 is 1.33 bits per heavy atom. The molecule has 0 spiro atoms. The molecule has 4 nitrogen and oxygen atoms in total. The number of phenols is 2. The average molecular weight is 210 g/mol. The topological polar surface area (TPSA) is 77.8 Å². The Kier molecular flexibility index (Phi) is 2.88. The highest BCUT2D eigenvalue weighted by Gasteiger charge is 2.28. The van der Waals surface area contributed by atoms with Gasteiger partial charge in [-0.2, -0.15) is 0 Å². The Hall–Kier alpha value is -1.71. The van der Waals surface area contributed by atoms with E-state index in [0.29, 0.717) is 5.56 Å². The number of aliphatic carboxylic acids is 1. The molecule has 0 aliphatic rings. The molecule has 0 amide bonds. The van der Waals surface area contributed by atoms with Crippen LogP contribution >= 0.6 is 0 Å². The van der Waals surface area contributed by atoms with Gasteiger partial charge in [0.2, 0.25) is 0 Å². The zero-order chi connectivity index (χ0) is 11.6. The Labute approximate surface area is 87.8 Å². The van der Waals surface area contributed by atoms with E-state index in [1.54, 1.807) is 13.8 Å². The van der Waals surface area contributed by atoms with Crippen molar-refractivity contribution in [2.45, 2.75) is 20.3 Å². The molecule has 0 fully saturated rings. The van der Waals surface area contributed by atoms with Gasteiger partial charge in [0, 0.05) is 0 Å².